The van der Waals surface area contributed by atoms with Crippen molar-refractivity contribution in [1.29, 1.82) is 0 Å². The van der Waals surface area contributed by atoms with Crippen molar-refractivity contribution in [3.05, 3.63) is 34.2 Å². The van der Waals surface area contributed by atoms with E-state index in [1.54, 1.807) is 0 Å². The predicted octanol–water partition coefficient (Wildman–Crippen LogP) is 0.352. The molecule has 0 atom stereocenters. The Morgan fingerprint density at radius 3 is 3.00 bits per heavy atom. The van der Waals surface area contributed by atoms with E-state index in [1.807, 2.05) is 25.1 Å². The van der Waals surface area contributed by atoms with Crippen LogP contribution in [0.2, 0.25) is 0 Å². The van der Waals surface area contributed by atoms with Crippen molar-refractivity contribution in [2.45, 2.75) is 6.92 Å². The lowest BCUT2D eigenvalue weighted by Gasteiger charge is -1.94. The molecule has 1 aromatic heterocycles. The Morgan fingerprint density at radius 2 is 2.25 bits per heavy atom. The van der Waals surface area contributed by atoms with Crippen molar-refractivity contribution in [2.75, 3.05) is 5.84 Å². The van der Waals surface area contributed by atoms with Crippen LogP contribution >= 0.6 is 0 Å². The number of rotatable bonds is 0. The summed E-state index contributed by atoms with van der Waals surface area (Å²) >= 11 is 0. The third-order valence-corrected chi connectivity index (χ3v) is 1.87. The molecule has 2 aromatic rings. The van der Waals surface area contributed by atoms with Gasteiger partial charge in [0.25, 0.3) is 0 Å². The molecular formula is C8H9N3O. The van der Waals surface area contributed by atoms with Crippen LogP contribution in [0.25, 0.3) is 11.0 Å². The molecule has 0 radical (unpaired) electrons. The highest BCUT2D eigenvalue weighted by atomic mass is 16.1. The van der Waals surface area contributed by atoms with E-state index >= 15 is 0 Å². The van der Waals surface area contributed by atoms with Crippen LogP contribution in [0.15, 0.2) is 23.0 Å². The van der Waals surface area contributed by atoms with Crippen molar-refractivity contribution in [1.82, 2.24) is 9.66 Å². The van der Waals surface area contributed by atoms with E-state index in [0.717, 1.165) is 21.3 Å². The maximum Gasteiger partial charge on any atom is 0.344 e. The van der Waals surface area contributed by atoms with E-state index < -0.39 is 0 Å². The van der Waals surface area contributed by atoms with Gasteiger partial charge in [-0.1, -0.05) is 6.07 Å². The molecule has 4 nitrogen and oxygen atoms in total. The van der Waals surface area contributed by atoms with E-state index in [0.29, 0.717) is 0 Å². The maximum atomic E-state index is 11.0. The highest BCUT2D eigenvalue weighted by molar-refractivity contribution is 5.75. The molecule has 0 saturated heterocycles. The number of aryl methyl sites for hydroxylation is 1. The molecular weight excluding hydrogens is 154 g/mol. The number of hydrogen-bond donors (Lipinski definition) is 2. The Labute approximate surface area is 68.6 Å². The molecule has 0 unspecified atom stereocenters. The number of H-pyrrole nitrogens is 1. The standard InChI is InChI=1S/C8H9N3O/c1-5-2-3-6-7(4-5)11(9)8(12)10-6/h2-4H,9H2,1H3,(H,10,12). The topological polar surface area (TPSA) is 63.8 Å². The van der Waals surface area contributed by atoms with Crippen LogP contribution in [0, 0.1) is 6.92 Å². The number of fused-ring (bicyclic) bond motifs is 1. The van der Waals surface area contributed by atoms with Crippen LogP contribution in [-0.2, 0) is 0 Å². The van der Waals surface area contributed by atoms with Gasteiger partial charge in [0.1, 0.15) is 0 Å². The highest BCUT2D eigenvalue weighted by Crippen LogP contribution is 2.09. The zero-order chi connectivity index (χ0) is 8.72. The monoisotopic (exact) mass is 163 g/mol. The lowest BCUT2D eigenvalue weighted by molar-refractivity contribution is 0.966. The molecule has 0 aliphatic heterocycles. The van der Waals surface area contributed by atoms with E-state index in [9.17, 15) is 4.79 Å². The first-order chi connectivity index (χ1) is 5.68. The summed E-state index contributed by atoms with van der Waals surface area (Å²) in [6.45, 7) is 1.96. The molecule has 1 aromatic carbocycles. The van der Waals surface area contributed by atoms with Crippen LogP contribution in [0.5, 0.6) is 0 Å². The molecule has 0 aliphatic rings. The lowest BCUT2D eigenvalue weighted by Crippen LogP contribution is -2.23. The Bertz CT molecular complexity index is 480. The number of hydrogen-bond acceptors (Lipinski definition) is 2. The SMILES string of the molecule is Cc1ccc2[nH]c(=O)n(N)c2c1. The number of aromatic nitrogens is 2. The third-order valence-electron chi connectivity index (χ3n) is 1.87. The zero-order valence-corrected chi connectivity index (χ0v) is 6.66. The van der Waals surface area contributed by atoms with Crippen LogP contribution in [0.1, 0.15) is 5.56 Å². The van der Waals surface area contributed by atoms with Gasteiger partial charge in [-0.25, -0.2) is 9.47 Å². The molecule has 0 saturated carbocycles. The van der Waals surface area contributed by atoms with Crippen molar-refractivity contribution < 1.29 is 0 Å². The Kier molecular flexibility index (Phi) is 1.24. The summed E-state index contributed by atoms with van der Waals surface area (Å²) in [4.78, 5) is 13.7. The molecule has 0 bridgehead atoms. The first-order valence-electron chi connectivity index (χ1n) is 3.65. The van der Waals surface area contributed by atoms with Gasteiger partial charge in [0.05, 0.1) is 11.0 Å². The average molecular weight is 163 g/mol. The number of benzene rings is 1. The van der Waals surface area contributed by atoms with Crippen LogP contribution in [0.4, 0.5) is 0 Å². The molecule has 4 heteroatoms. The maximum absolute atomic E-state index is 11.0. The summed E-state index contributed by atoms with van der Waals surface area (Å²) in [5.41, 5.74) is 2.31. The largest absolute Gasteiger partial charge is 0.344 e. The predicted molar refractivity (Wildman–Crippen MR) is 47.4 cm³/mol. The van der Waals surface area contributed by atoms with Crippen LogP contribution in [0.3, 0.4) is 0 Å². The van der Waals surface area contributed by atoms with Gasteiger partial charge in [-0.2, -0.15) is 0 Å². The van der Waals surface area contributed by atoms with Crippen LogP contribution < -0.4 is 11.5 Å². The number of nitrogen functional groups attached to an aromatic ring is 1. The number of aromatic amines is 1. The first-order valence-corrected chi connectivity index (χ1v) is 3.65. The second-order valence-electron chi connectivity index (χ2n) is 2.82. The van der Waals surface area contributed by atoms with Crippen molar-refractivity contribution in [2.24, 2.45) is 0 Å². The second kappa shape index (κ2) is 2.14. The Hall–Kier alpha value is -1.71. The normalized spacial score (nSPS) is 10.8. The summed E-state index contributed by atoms with van der Waals surface area (Å²) in [5, 5.41) is 0. The first kappa shape index (κ1) is 6.97. The van der Waals surface area contributed by atoms with E-state index in [2.05, 4.69) is 4.98 Å². The van der Waals surface area contributed by atoms with Gasteiger partial charge in [0.2, 0.25) is 0 Å². The summed E-state index contributed by atoms with van der Waals surface area (Å²) in [7, 11) is 0. The zero-order valence-electron chi connectivity index (χ0n) is 6.66. The summed E-state index contributed by atoms with van der Waals surface area (Å²) in [5.74, 6) is 5.48. The van der Waals surface area contributed by atoms with Gasteiger partial charge in [-0.05, 0) is 24.6 Å². The van der Waals surface area contributed by atoms with Crippen molar-refractivity contribution in [3.8, 4) is 0 Å². The Morgan fingerprint density at radius 1 is 1.50 bits per heavy atom. The summed E-state index contributed by atoms with van der Waals surface area (Å²) in [6.07, 6.45) is 0. The summed E-state index contributed by atoms with van der Waals surface area (Å²) in [6, 6.07) is 5.64. The van der Waals surface area contributed by atoms with Gasteiger partial charge < -0.3 is 10.8 Å². The number of nitrogens with zero attached hydrogens (tertiary/aromatic N) is 1. The minimum absolute atomic E-state index is 0.282. The quantitative estimate of drug-likeness (QED) is 0.550. The van der Waals surface area contributed by atoms with E-state index in [1.165, 1.54) is 0 Å². The van der Waals surface area contributed by atoms with Crippen molar-refractivity contribution in [3.63, 3.8) is 0 Å². The van der Waals surface area contributed by atoms with Gasteiger partial charge in [-0.3, -0.25) is 0 Å². The number of nitrogens with one attached hydrogen (secondary N) is 1. The fourth-order valence-corrected chi connectivity index (χ4v) is 1.23. The smallest absolute Gasteiger partial charge is 0.335 e. The third kappa shape index (κ3) is 0.812. The van der Waals surface area contributed by atoms with Crippen LogP contribution in [-0.4, -0.2) is 9.66 Å². The van der Waals surface area contributed by atoms with Crippen molar-refractivity contribution >= 4 is 11.0 Å². The molecule has 1 heterocycles. The van der Waals surface area contributed by atoms with Gasteiger partial charge in [0.15, 0.2) is 0 Å². The van der Waals surface area contributed by atoms with Gasteiger partial charge in [0, 0.05) is 0 Å². The molecule has 0 amide bonds. The number of nitrogens with two attached hydrogens (primary N) is 1. The van der Waals surface area contributed by atoms with E-state index in [-0.39, 0.29) is 5.69 Å². The molecule has 62 valence electrons. The molecule has 12 heavy (non-hydrogen) atoms. The molecule has 3 N–H and O–H groups in total. The molecule has 2 rings (SSSR count). The van der Waals surface area contributed by atoms with E-state index in [4.69, 9.17) is 5.84 Å². The fraction of sp³-hybridized carbons (Fsp3) is 0.125. The van der Waals surface area contributed by atoms with Gasteiger partial charge in [-0.15, -0.1) is 0 Å². The Balaban J connectivity index is 2.98. The van der Waals surface area contributed by atoms with Gasteiger partial charge >= 0.3 is 5.69 Å². The molecule has 0 aliphatic carbocycles. The minimum atomic E-state index is -0.282. The summed E-state index contributed by atoms with van der Waals surface area (Å²) < 4.78 is 1.11. The average Bonchev–Trinajstić information content (AvgIpc) is 2.31. The fourth-order valence-electron chi connectivity index (χ4n) is 1.23. The minimum Gasteiger partial charge on any atom is -0.335 e. The second-order valence-corrected chi connectivity index (χ2v) is 2.82. The number of imidazole rings is 1. The highest BCUT2D eigenvalue weighted by Gasteiger charge is 2.01. The molecule has 0 fully saturated rings. The lowest BCUT2D eigenvalue weighted by atomic mass is 10.2. The molecule has 0 spiro atoms.